The Hall–Kier alpha value is -0.830. The SMILES string of the molecule is CC(N)c1cncn1C1C2C3CCC(C3)C21. The van der Waals surface area contributed by atoms with Gasteiger partial charge in [0.25, 0.3) is 0 Å². The van der Waals surface area contributed by atoms with Crippen molar-refractivity contribution < 1.29 is 0 Å². The highest BCUT2D eigenvalue weighted by Gasteiger charge is 2.65. The second-order valence-corrected chi connectivity index (χ2v) is 5.99. The van der Waals surface area contributed by atoms with Gasteiger partial charge in [-0.15, -0.1) is 0 Å². The van der Waals surface area contributed by atoms with Gasteiger partial charge in [0.1, 0.15) is 0 Å². The summed E-state index contributed by atoms with van der Waals surface area (Å²) in [7, 11) is 0. The van der Waals surface area contributed by atoms with Gasteiger partial charge in [0.05, 0.1) is 12.0 Å². The van der Waals surface area contributed by atoms with E-state index in [1.54, 1.807) is 0 Å². The third-order valence-electron chi connectivity index (χ3n) is 5.18. The molecule has 0 amide bonds. The quantitative estimate of drug-likeness (QED) is 0.824. The van der Waals surface area contributed by atoms with E-state index in [0.717, 1.165) is 29.7 Å². The number of imidazole rings is 1. The number of nitrogens with two attached hydrogens (primary N) is 1. The minimum absolute atomic E-state index is 0.112. The van der Waals surface area contributed by atoms with Crippen LogP contribution in [0.4, 0.5) is 0 Å². The second kappa shape index (κ2) is 2.89. The molecule has 4 rings (SSSR count). The molecule has 2 N–H and O–H groups in total. The Bertz CT molecular complexity index is 407. The van der Waals surface area contributed by atoms with Crippen LogP contribution < -0.4 is 5.73 Å². The van der Waals surface area contributed by atoms with Crippen molar-refractivity contribution >= 4 is 0 Å². The zero-order valence-electron chi connectivity index (χ0n) is 9.71. The van der Waals surface area contributed by atoms with Gasteiger partial charge in [-0.1, -0.05) is 0 Å². The van der Waals surface area contributed by atoms with E-state index in [2.05, 4.69) is 16.5 Å². The van der Waals surface area contributed by atoms with E-state index in [-0.39, 0.29) is 6.04 Å². The molecule has 3 saturated carbocycles. The smallest absolute Gasteiger partial charge is 0.0951 e. The van der Waals surface area contributed by atoms with Gasteiger partial charge in [-0.25, -0.2) is 4.98 Å². The number of hydrogen-bond donors (Lipinski definition) is 1. The van der Waals surface area contributed by atoms with Crippen LogP contribution in [0.1, 0.15) is 44.0 Å². The van der Waals surface area contributed by atoms with Gasteiger partial charge in [-0.2, -0.15) is 0 Å². The van der Waals surface area contributed by atoms with Crippen molar-refractivity contribution in [3.63, 3.8) is 0 Å². The maximum atomic E-state index is 6.00. The average Bonchev–Trinajstić information content (AvgIpc) is 2.74. The molecule has 0 spiro atoms. The first-order chi connectivity index (χ1) is 7.77. The third kappa shape index (κ3) is 1.000. The maximum absolute atomic E-state index is 6.00. The van der Waals surface area contributed by atoms with Gasteiger partial charge < -0.3 is 10.3 Å². The minimum Gasteiger partial charge on any atom is -0.329 e. The molecule has 86 valence electrons. The van der Waals surface area contributed by atoms with Crippen LogP contribution in [-0.2, 0) is 0 Å². The fraction of sp³-hybridized carbons (Fsp3) is 0.769. The summed E-state index contributed by atoms with van der Waals surface area (Å²) in [6, 6.07) is 0.858. The van der Waals surface area contributed by atoms with Crippen molar-refractivity contribution in [2.45, 2.75) is 38.3 Å². The van der Waals surface area contributed by atoms with Gasteiger partial charge in [0.15, 0.2) is 0 Å². The monoisotopic (exact) mass is 217 g/mol. The Balaban J connectivity index is 1.66. The summed E-state index contributed by atoms with van der Waals surface area (Å²) in [5, 5.41) is 0. The summed E-state index contributed by atoms with van der Waals surface area (Å²) in [5.41, 5.74) is 7.22. The highest BCUT2D eigenvalue weighted by Crippen LogP contribution is 2.71. The largest absolute Gasteiger partial charge is 0.329 e. The van der Waals surface area contributed by atoms with Crippen molar-refractivity contribution in [1.82, 2.24) is 9.55 Å². The Morgan fingerprint density at radius 3 is 2.69 bits per heavy atom. The van der Waals surface area contributed by atoms with E-state index in [0.29, 0.717) is 0 Å². The molecular weight excluding hydrogens is 198 g/mol. The first-order valence-electron chi connectivity index (χ1n) is 6.54. The van der Waals surface area contributed by atoms with Gasteiger partial charge >= 0.3 is 0 Å². The lowest BCUT2D eigenvalue weighted by Crippen LogP contribution is -2.13. The molecule has 16 heavy (non-hydrogen) atoms. The van der Waals surface area contributed by atoms with Gasteiger partial charge in [0.2, 0.25) is 0 Å². The van der Waals surface area contributed by atoms with E-state index in [4.69, 9.17) is 5.73 Å². The van der Waals surface area contributed by atoms with Crippen LogP contribution in [0.5, 0.6) is 0 Å². The van der Waals surface area contributed by atoms with E-state index < -0.39 is 0 Å². The molecule has 1 aromatic heterocycles. The predicted octanol–water partition coefficient (Wildman–Crippen LogP) is 2.12. The molecule has 2 bridgehead atoms. The second-order valence-electron chi connectivity index (χ2n) is 5.99. The Labute approximate surface area is 96.0 Å². The zero-order valence-corrected chi connectivity index (χ0v) is 9.71. The zero-order chi connectivity index (χ0) is 10.9. The van der Waals surface area contributed by atoms with Crippen LogP contribution in [0.2, 0.25) is 0 Å². The average molecular weight is 217 g/mol. The molecule has 3 fully saturated rings. The third-order valence-corrected chi connectivity index (χ3v) is 5.18. The normalized spacial score (nSPS) is 45.8. The van der Waals surface area contributed by atoms with Crippen molar-refractivity contribution in [2.24, 2.45) is 29.4 Å². The van der Waals surface area contributed by atoms with Crippen molar-refractivity contribution in [1.29, 1.82) is 0 Å². The molecule has 3 heteroatoms. The molecule has 0 aromatic carbocycles. The highest BCUT2D eigenvalue weighted by atomic mass is 15.1. The van der Waals surface area contributed by atoms with Gasteiger partial charge in [-0.05, 0) is 49.9 Å². The molecule has 3 aliphatic carbocycles. The molecule has 5 unspecified atom stereocenters. The Morgan fingerprint density at radius 2 is 2.06 bits per heavy atom. The summed E-state index contributed by atoms with van der Waals surface area (Å²) < 4.78 is 2.38. The molecule has 1 heterocycles. The molecule has 3 aliphatic rings. The van der Waals surface area contributed by atoms with E-state index in [9.17, 15) is 0 Å². The molecule has 3 nitrogen and oxygen atoms in total. The molecule has 0 saturated heterocycles. The lowest BCUT2D eigenvalue weighted by Gasteiger charge is -2.14. The number of fused-ring (bicyclic) bond motifs is 5. The number of hydrogen-bond acceptors (Lipinski definition) is 2. The van der Waals surface area contributed by atoms with Crippen molar-refractivity contribution in [3.05, 3.63) is 18.2 Å². The van der Waals surface area contributed by atoms with Gasteiger partial charge in [0, 0.05) is 18.3 Å². The summed E-state index contributed by atoms with van der Waals surface area (Å²) in [6.07, 6.45) is 8.41. The fourth-order valence-electron chi connectivity index (χ4n) is 4.57. The van der Waals surface area contributed by atoms with E-state index in [1.165, 1.54) is 25.0 Å². The van der Waals surface area contributed by atoms with Crippen LogP contribution in [0.15, 0.2) is 12.5 Å². The summed E-state index contributed by atoms with van der Waals surface area (Å²) >= 11 is 0. The molecule has 0 radical (unpaired) electrons. The van der Waals surface area contributed by atoms with Gasteiger partial charge in [-0.3, -0.25) is 0 Å². The predicted molar refractivity (Wildman–Crippen MR) is 61.7 cm³/mol. The van der Waals surface area contributed by atoms with Crippen molar-refractivity contribution in [2.75, 3.05) is 0 Å². The van der Waals surface area contributed by atoms with E-state index in [1.807, 2.05) is 12.5 Å². The Kier molecular flexibility index (Phi) is 1.67. The highest BCUT2D eigenvalue weighted by molar-refractivity contribution is 5.19. The first-order valence-corrected chi connectivity index (χ1v) is 6.54. The number of nitrogens with zero attached hydrogens (tertiary/aromatic N) is 2. The summed E-state index contributed by atoms with van der Waals surface area (Å²) in [5.74, 6) is 3.96. The van der Waals surface area contributed by atoms with Crippen LogP contribution in [0, 0.1) is 23.7 Å². The lowest BCUT2D eigenvalue weighted by atomic mass is 10.0. The number of aromatic nitrogens is 2. The standard InChI is InChI=1S/C13H19N3/c1-7(14)10-5-15-6-16(10)13-11-8-2-3-9(4-8)12(11)13/h5-9,11-13H,2-4,14H2,1H3. The Morgan fingerprint density at radius 1 is 1.38 bits per heavy atom. The van der Waals surface area contributed by atoms with Crippen LogP contribution in [0.3, 0.4) is 0 Å². The minimum atomic E-state index is 0.112. The van der Waals surface area contributed by atoms with Crippen LogP contribution in [-0.4, -0.2) is 9.55 Å². The van der Waals surface area contributed by atoms with E-state index >= 15 is 0 Å². The molecular formula is C13H19N3. The summed E-state index contributed by atoms with van der Waals surface area (Å²) in [4.78, 5) is 4.29. The number of rotatable bonds is 2. The summed E-state index contributed by atoms with van der Waals surface area (Å²) in [6.45, 7) is 2.06. The van der Waals surface area contributed by atoms with Crippen molar-refractivity contribution in [3.8, 4) is 0 Å². The fourth-order valence-corrected chi connectivity index (χ4v) is 4.57. The van der Waals surface area contributed by atoms with Crippen LogP contribution in [0.25, 0.3) is 0 Å². The maximum Gasteiger partial charge on any atom is 0.0951 e. The molecule has 5 atom stereocenters. The first kappa shape index (κ1) is 9.23. The van der Waals surface area contributed by atoms with Crippen LogP contribution >= 0.6 is 0 Å². The molecule has 1 aromatic rings. The topological polar surface area (TPSA) is 43.8 Å². The lowest BCUT2D eigenvalue weighted by molar-refractivity contribution is 0.442. The molecule has 0 aliphatic heterocycles.